The van der Waals surface area contributed by atoms with E-state index in [-0.39, 0.29) is 5.41 Å². The van der Waals surface area contributed by atoms with Crippen LogP contribution in [0.2, 0.25) is 0 Å². The zero-order valence-electron chi connectivity index (χ0n) is 9.35. The van der Waals surface area contributed by atoms with Gasteiger partial charge in [0.05, 0.1) is 0 Å². The molecule has 0 amide bonds. The van der Waals surface area contributed by atoms with Crippen molar-refractivity contribution in [3.8, 4) is 0 Å². The van der Waals surface area contributed by atoms with Crippen molar-refractivity contribution in [1.29, 1.82) is 0 Å². The fourth-order valence-corrected chi connectivity index (χ4v) is 2.65. The fourth-order valence-electron chi connectivity index (χ4n) is 2.65. The topological polar surface area (TPSA) is 17.1 Å². The number of carbonyl (C=O) groups excluding carboxylic acids is 1. The Morgan fingerprint density at radius 1 is 1.21 bits per heavy atom. The lowest BCUT2D eigenvalue weighted by molar-refractivity contribution is -0.129. The normalized spacial score (nSPS) is 26.1. The monoisotopic (exact) mass is 194 g/mol. The minimum Gasteiger partial charge on any atom is -0.299 e. The molecule has 1 nitrogen and oxygen atoms in total. The van der Waals surface area contributed by atoms with Crippen LogP contribution in [0.5, 0.6) is 0 Å². The Kier molecular flexibility index (Phi) is 2.94. The molecular weight excluding hydrogens is 172 g/mol. The molecule has 2 aliphatic carbocycles. The molecule has 2 aliphatic rings. The summed E-state index contributed by atoms with van der Waals surface area (Å²) in [5.74, 6) is 1.47. The first kappa shape index (κ1) is 10.2. The van der Waals surface area contributed by atoms with Gasteiger partial charge in [-0.3, -0.25) is 4.79 Å². The first-order valence-electron chi connectivity index (χ1n) is 6.24. The van der Waals surface area contributed by atoms with Gasteiger partial charge >= 0.3 is 0 Å². The van der Waals surface area contributed by atoms with Gasteiger partial charge in [0.2, 0.25) is 0 Å². The molecule has 0 spiro atoms. The highest BCUT2D eigenvalue weighted by atomic mass is 16.1. The van der Waals surface area contributed by atoms with Crippen LogP contribution in [-0.2, 0) is 4.79 Å². The van der Waals surface area contributed by atoms with E-state index in [1.807, 2.05) is 0 Å². The molecule has 0 aliphatic heterocycles. The van der Waals surface area contributed by atoms with Crippen molar-refractivity contribution in [2.24, 2.45) is 11.3 Å². The Hall–Kier alpha value is -0.330. The van der Waals surface area contributed by atoms with Gasteiger partial charge in [0, 0.05) is 11.8 Å². The predicted octanol–water partition coefficient (Wildman–Crippen LogP) is 3.72. The standard InChI is InChI=1S/C13H22O/c1-13(9-3-2-4-10-13)12(14)8-7-11-5-6-11/h11H,2-10H2,1H3. The lowest BCUT2D eigenvalue weighted by Gasteiger charge is -2.32. The Bertz CT molecular complexity index is 209. The molecule has 80 valence electrons. The SMILES string of the molecule is CC1(C(=O)CCC2CC2)CCCCC1. The highest BCUT2D eigenvalue weighted by Gasteiger charge is 2.34. The lowest BCUT2D eigenvalue weighted by atomic mass is 9.71. The molecule has 0 unspecified atom stereocenters. The van der Waals surface area contributed by atoms with Gasteiger partial charge in [-0.25, -0.2) is 0 Å². The summed E-state index contributed by atoms with van der Waals surface area (Å²) in [7, 11) is 0. The van der Waals surface area contributed by atoms with E-state index < -0.39 is 0 Å². The molecule has 2 saturated carbocycles. The van der Waals surface area contributed by atoms with Gasteiger partial charge in [0.1, 0.15) is 5.78 Å². The highest BCUT2D eigenvalue weighted by molar-refractivity contribution is 5.84. The summed E-state index contributed by atoms with van der Waals surface area (Å²) in [5.41, 5.74) is 0.0626. The van der Waals surface area contributed by atoms with Crippen LogP contribution in [0.25, 0.3) is 0 Å². The molecule has 2 rings (SSSR count). The summed E-state index contributed by atoms with van der Waals surface area (Å²) >= 11 is 0. The van der Waals surface area contributed by atoms with E-state index in [0.29, 0.717) is 5.78 Å². The molecule has 0 bridgehead atoms. The van der Waals surface area contributed by atoms with Gasteiger partial charge in [-0.05, 0) is 25.2 Å². The van der Waals surface area contributed by atoms with Crippen molar-refractivity contribution >= 4 is 5.78 Å². The van der Waals surface area contributed by atoms with E-state index in [0.717, 1.165) is 25.2 Å². The summed E-state index contributed by atoms with van der Waals surface area (Å²) in [6.07, 6.45) is 11.0. The quantitative estimate of drug-likeness (QED) is 0.666. The summed E-state index contributed by atoms with van der Waals surface area (Å²) in [5, 5.41) is 0. The van der Waals surface area contributed by atoms with Crippen molar-refractivity contribution < 1.29 is 4.79 Å². The van der Waals surface area contributed by atoms with Crippen LogP contribution in [-0.4, -0.2) is 5.78 Å². The minimum absolute atomic E-state index is 0.0626. The summed E-state index contributed by atoms with van der Waals surface area (Å²) in [6, 6.07) is 0. The van der Waals surface area contributed by atoms with Crippen LogP contribution in [0.1, 0.15) is 64.7 Å². The maximum atomic E-state index is 12.1. The van der Waals surface area contributed by atoms with E-state index in [1.54, 1.807) is 0 Å². The summed E-state index contributed by atoms with van der Waals surface area (Å²) < 4.78 is 0. The van der Waals surface area contributed by atoms with Crippen molar-refractivity contribution in [2.45, 2.75) is 64.7 Å². The number of hydrogen-bond acceptors (Lipinski definition) is 1. The van der Waals surface area contributed by atoms with E-state index in [9.17, 15) is 4.79 Å². The van der Waals surface area contributed by atoms with Crippen molar-refractivity contribution in [3.63, 3.8) is 0 Å². The molecule has 0 heterocycles. The summed E-state index contributed by atoms with van der Waals surface area (Å²) in [4.78, 5) is 12.1. The molecule has 1 heteroatoms. The fraction of sp³-hybridized carbons (Fsp3) is 0.923. The van der Waals surface area contributed by atoms with Gasteiger partial charge in [-0.2, -0.15) is 0 Å². The van der Waals surface area contributed by atoms with E-state index in [1.165, 1.54) is 38.5 Å². The molecule has 14 heavy (non-hydrogen) atoms. The highest BCUT2D eigenvalue weighted by Crippen LogP contribution is 2.40. The number of carbonyl (C=O) groups is 1. The van der Waals surface area contributed by atoms with E-state index in [4.69, 9.17) is 0 Å². The second kappa shape index (κ2) is 4.04. The third-order valence-corrected chi connectivity index (χ3v) is 4.11. The molecule has 0 aromatic heterocycles. The van der Waals surface area contributed by atoms with Crippen LogP contribution in [0.15, 0.2) is 0 Å². The molecule has 0 N–H and O–H groups in total. The zero-order chi connectivity index (χ0) is 10.0. The van der Waals surface area contributed by atoms with Crippen molar-refractivity contribution in [2.75, 3.05) is 0 Å². The van der Waals surface area contributed by atoms with Gasteiger partial charge < -0.3 is 0 Å². The number of hydrogen-bond donors (Lipinski definition) is 0. The second-order valence-corrected chi connectivity index (χ2v) is 5.53. The first-order valence-corrected chi connectivity index (χ1v) is 6.24. The molecule has 0 aromatic rings. The maximum Gasteiger partial charge on any atom is 0.138 e. The molecule has 0 radical (unpaired) electrons. The van der Waals surface area contributed by atoms with Crippen LogP contribution < -0.4 is 0 Å². The van der Waals surface area contributed by atoms with E-state index in [2.05, 4.69) is 6.92 Å². The van der Waals surface area contributed by atoms with Gasteiger partial charge in [-0.15, -0.1) is 0 Å². The Morgan fingerprint density at radius 2 is 1.86 bits per heavy atom. The third kappa shape index (κ3) is 2.37. The predicted molar refractivity (Wildman–Crippen MR) is 58.2 cm³/mol. The van der Waals surface area contributed by atoms with E-state index >= 15 is 0 Å². The van der Waals surface area contributed by atoms with Crippen LogP contribution >= 0.6 is 0 Å². The molecule has 0 saturated heterocycles. The van der Waals surface area contributed by atoms with Crippen LogP contribution in [0, 0.1) is 11.3 Å². The summed E-state index contributed by atoms with van der Waals surface area (Å²) in [6.45, 7) is 2.20. The van der Waals surface area contributed by atoms with Gasteiger partial charge in [0.15, 0.2) is 0 Å². The second-order valence-electron chi connectivity index (χ2n) is 5.53. The molecule has 0 aromatic carbocycles. The van der Waals surface area contributed by atoms with Crippen molar-refractivity contribution in [1.82, 2.24) is 0 Å². The molecular formula is C13H22O. The Labute approximate surface area is 87.3 Å². The largest absolute Gasteiger partial charge is 0.299 e. The third-order valence-electron chi connectivity index (χ3n) is 4.11. The van der Waals surface area contributed by atoms with Crippen LogP contribution in [0.3, 0.4) is 0 Å². The first-order chi connectivity index (χ1) is 6.71. The molecule has 0 atom stereocenters. The minimum atomic E-state index is 0.0626. The Morgan fingerprint density at radius 3 is 2.43 bits per heavy atom. The number of ketones is 1. The van der Waals surface area contributed by atoms with Crippen molar-refractivity contribution in [3.05, 3.63) is 0 Å². The van der Waals surface area contributed by atoms with Gasteiger partial charge in [-0.1, -0.05) is 39.0 Å². The van der Waals surface area contributed by atoms with Gasteiger partial charge in [0.25, 0.3) is 0 Å². The average molecular weight is 194 g/mol. The smallest absolute Gasteiger partial charge is 0.138 e. The zero-order valence-corrected chi connectivity index (χ0v) is 9.35. The Balaban J connectivity index is 1.80. The lowest BCUT2D eigenvalue weighted by Crippen LogP contribution is -2.30. The number of Topliss-reactive ketones (excluding diaryl/α,β-unsaturated/α-hetero) is 1. The average Bonchev–Trinajstić information content (AvgIpc) is 2.99. The molecule has 2 fully saturated rings. The number of rotatable bonds is 4. The maximum absolute atomic E-state index is 12.1. The van der Waals surface area contributed by atoms with Crippen LogP contribution in [0.4, 0.5) is 0 Å².